The maximum Gasteiger partial charge on any atom is 0.0963 e. The Labute approximate surface area is 92.1 Å². The lowest BCUT2D eigenvalue weighted by atomic mass is 9.88. The number of nitrogens with one attached hydrogen (secondary N) is 1. The summed E-state index contributed by atoms with van der Waals surface area (Å²) in [5.41, 5.74) is 5.23. The second-order valence-corrected chi connectivity index (χ2v) is 4.88. The molecule has 14 heavy (non-hydrogen) atoms. The van der Waals surface area contributed by atoms with Crippen LogP contribution in [0.2, 0.25) is 0 Å². The van der Waals surface area contributed by atoms with Crippen molar-refractivity contribution in [2.45, 2.75) is 26.8 Å². The van der Waals surface area contributed by atoms with Crippen molar-refractivity contribution in [2.75, 3.05) is 0 Å². The number of hydrogen-bond donors (Lipinski definition) is 2. The molecule has 0 aliphatic rings. The van der Waals surface area contributed by atoms with Crippen LogP contribution in [0.1, 0.15) is 20.3 Å². The molecule has 3 N–H and O–H groups in total. The van der Waals surface area contributed by atoms with Crippen LogP contribution in [0, 0.1) is 10.8 Å². The maximum absolute atomic E-state index is 7.41. The molecule has 1 aromatic heterocycles. The lowest BCUT2D eigenvalue weighted by molar-refractivity contribution is 0.411. The molecule has 0 aromatic carbocycles. The summed E-state index contributed by atoms with van der Waals surface area (Å²) in [4.78, 5) is 0. The maximum atomic E-state index is 7.41. The van der Waals surface area contributed by atoms with E-state index < -0.39 is 0 Å². The van der Waals surface area contributed by atoms with Crippen molar-refractivity contribution in [3.63, 3.8) is 0 Å². The monoisotopic (exact) mass is 258 g/mol. The third-order valence-corrected chi connectivity index (χ3v) is 2.71. The fourth-order valence-corrected chi connectivity index (χ4v) is 1.32. The number of hydrogen-bond acceptors (Lipinski definition) is 2. The van der Waals surface area contributed by atoms with Crippen LogP contribution in [0.15, 0.2) is 16.9 Å². The van der Waals surface area contributed by atoms with Crippen LogP contribution in [-0.2, 0) is 6.54 Å². The van der Waals surface area contributed by atoms with Crippen molar-refractivity contribution in [1.82, 2.24) is 9.78 Å². The molecule has 1 aromatic rings. The molecule has 0 atom stereocenters. The second-order valence-electron chi connectivity index (χ2n) is 3.97. The fourth-order valence-electron chi connectivity index (χ4n) is 0.989. The van der Waals surface area contributed by atoms with Crippen molar-refractivity contribution >= 4 is 21.8 Å². The Hall–Kier alpha value is -0.840. The Morgan fingerprint density at radius 3 is 2.79 bits per heavy atom. The van der Waals surface area contributed by atoms with Crippen LogP contribution >= 0.6 is 15.9 Å². The van der Waals surface area contributed by atoms with Crippen molar-refractivity contribution in [3.05, 3.63) is 16.9 Å². The summed E-state index contributed by atoms with van der Waals surface area (Å²) in [6.07, 6.45) is 4.48. The highest BCUT2D eigenvalue weighted by Gasteiger charge is 2.21. The molecule has 0 unspecified atom stereocenters. The normalized spacial score (nSPS) is 11.6. The van der Waals surface area contributed by atoms with E-state index in [9.17, 15) is 0 Å². The van der Waals surface area contributed by atoms with Gasteiger partial charge in [-0.2, -0.15) is 5.10 Å². The molecule has 0 bridgehead atoms. The average Bonchev–Trinajstić information content (AvgIpc) is 2.48. The first kappa shape index (κ1) is 11.2. The van der Waals surface area contributed by atoms with Gasteiger partial charge in [-0.05, 0) is 22.4 Å². The number of aryl methyl sites for hydroxylation is 1. The van der Waals surface area contributed by atoms with E-state index in [0.717, 1.165) is 17.4 Å². The summed E-state index contributed by atoms with van der Waals surface area (Å²) in [6, 6.07) is 0. The van der Waals surface area contributed by atoms with Gasteiger partial charge in [-0.25, -0.2) is 0 Å². The van der Waals surface area contributed by atoms with E-state index in [-0.39, 0.29) is 11.3 Å². The van der Waals surface area contributed by atoms with Gasteiger partial charge >= 0.3 is 0 Å². The van der Waals surface area contributed by atoms with Crippen LogP contribution in [-0.4, -0.2) is 15.6 Å². The van der Waals surface area contributed by atoms with Gasteiger partial charge in [-0.15, -0.1) is 0 Å². The lowest BCUT2D eigenvalue weighted by Gasteiger charge is -2.22. The topological polar surface area (TPSA) is 67.7 Å². The Morgan fingerprint density at radius 2 is 2.36 bits per heavy atom. The van der Waals surface area contributed by atoms with Crippen molar-refractivity contribution < 1.29 is 0 Å². The molecule has 78 valence electrons. The minimum absolute atomic E-state index is 0.226. The number of rotatable bonds is 4. The third kappa shape index (κ3) is 2.83. The first-order chi connectivity index (χ1) is 6.42. The number of aromatic nitrogens is 2. The first-order valence-corrected chi connectivity index (χ1v) is 5.23. The van der Waals surface area contributed by atoms with Crippen LogP contribution in [0.5, 0.6) is 0 Å². The molecule has 5 heteroatoms. The zero-order valence-corrected chi connectivity index (χ0v) is 10.0. The van der Waals surface area contributed by atoms with Crippen LogP contribution in [0.3, 0.4) is 0 Å². The molecule has 0 fully saturated rings. The van der Waals surface area contributed by atoms with Gasteiger partial charge in [-0.1, -0.05) is 13.8 Å². The fraction of sp³-hybridized carbons (Fsp3) is 0.556. The molecule has 0 saturated heterocycles. The molecular formula is C9H15BrN4. The smallest absolute Gasteiger partial charge is 0.0963 e. The average molecular weight is 259 g/mol. The Balaban J connectivity index is 2.52. The zero-order valence-electron chi connectivity index (χ0n) is 8.42. The molecule has 0 amide bonds. The summed E-state index contributed by atoms with van der Waals surface area (Å²) in [5.74, 6) is 0.226. The van der Waals surface area contributed by atoms with E-state index in [4.69, 9.17) is 11.1 Å². The highest BCUT2D eigenvalue weighted by Crippen LogP contribution is 2.20. The van der Waals surface area contributed by atoms with E-state index in [0.29, 0.717) is 0 Å². The highest BCUT2D eigenvalue weighted by atomic mass is 79.9. The summed E-state index contributed by atoms with van der Waals surface area (Å²) in [6.45, 7) is 4.71. The van der Waals surface area contributed by atoms with Gasteiger partial charge in [0.15, 0.2) is 0 Å². The van der Waals surface area contributed by atoms with Gasteiger partial charge in [0.25, 0.3) is 0 Å². The van der Waals surface area contributed by atoms with Gasteiger partial charge in [0.2, 0.25) is 0 Å². The summed E-state index contributed by atoms with van der Waals surface area (Å²) in [7, 11) is 0. The predicted octanol–water partition coefficient (Wildman–Crippen LogP) is 2.00. The van der Waals surface area contributed by atoms with Gasteiger partial charge in [-0.3, -0.25) is 10.1 Å². The highest BCUT2D eigenvalue weighted by molar-refractivity contribution is 9.10. The summed E-state index contributed by atoms with van der Waals surface area (Å²) in [5, 5.41) is 11.5. The van der Waals surface area contributed by atoms with E-state index in [1.807, 2.05) is 24.7 Å². The van der Waals surface area contributed by atoms with Gasteiger partial charge in [0.1, 0.15) is 0 Å². The standard InChI is InChI=1S/C9H15BrN4/c1-9(2,8(11)12)3-4-14-6-7(10)5-13-14/h5-6H,3-4H2,1-2H3,(H3,11,12). The van der Waals surface area contributed by atoms with E-state index in [2.05, 4.69) is 21.0 Å². The largest absolute Gasteiger partial charge is 0.387 e. The first-order valence-electron chi connectivity index (χ1n) is 4.44. The summed E-state index contributed by atoms with van der Waals surface area (Å²) >= 11 is 3.33. The minimum atomic E-state index is -0.252. The quantitative estimate of drug-likeness (QED) is 0.641. The molecule has 0 saturated carbocycles. The Kier molecular flexibility index (Phi) is 3.31. The van der Waals surface area contributed by atoms with Gasteiger partial charge < -0.3 is 5.73 Å². The third-order valence-electron chi connectivity index (χ3n) is 2.30. The van der Waals surface area contributed by atoms with Crippen LogP contribution < -0.4 is 5.73 Å². The number of nitrogens with zero attached hydrogens (tertiary/aromatic N) is 2. The van der Waals surface area contributed by atoms with E-state index in [1.165, 1.54) is 0 Å². The Morgan fingerprint density at radius 1 is 1.71 bits per heavy atom. The molecule has 0 aliphatic carbocycles. The molecule has 4 nitrogen and oxygen atoms in total. The number of nitrogens with two attached hydrogens (primary N) is 1. The number of amidine groups is 1. The molecule has 0 aliphatic heterocycles. The lowest BCUT2D eigenvalue weighted by Crippen LogP contribution is -2.31. The molecule has 1 rings (SSSR count). The summed E-state index contributed by atoms with van der Waals surface area (Å²) < 4.78 is 2.81. The second kappa shape index (κ2) is 4.13. The number of halogens is 1. The van der Waals surface area contributed by atoms with E-state index >= 15 is 0 Å². The van der Waals surface area contributed by atoms with Crippen LogP contribution in [0.25, 0.3) is 0 Å². The molecule has 1 heterocycles. The van der Waals surface area contributed by atoms with E-state index in [1.54, 1.807) is 6.20 Å². The van der Waals surface area contributed by atoms with Crippen molar-refractivity contribution in [1.29, 1.82) is 5.41 Å². The molecular weight excluding hydrogens is 244 g/mol. The van der Waals surface area contributed by atoms with Crippen molar-refractivity contribution in [3.8, 4) is 0 Å². The van der Waals surface area contributed by atoms with Gasteiger partial charge in [0, 0.05) is 18.2 Å². The van der Waals surface area contributed by atoms with Gasteiger partial charge in [0.05, 0.1) is 16.5 Å². The minimum Gasteiger partial charge on any atom is -0.387 e. The van der Waals surface area contributed by atoms with Crippen LogP contribution in [0.4, 0.5) is 0 Å². The zero-order chi connectivity index (χ0) is 10.8. The Bertz CT molecular complexity index is 329. The van der Waals surface area contributed by atoms with Crippen molar-refractivity contribution in [2.24, 2.45) is 11.1 Å². The molecule has 0 spiro atoms. The SMILES string of the molecule is CC(C)(CCn1cc(Br)cn1)C(=N)N. The molecule has 0 radical (unpaired) electrons. The predicted molar refractivity (Wildman–Crippen MR) is 60.2 cm³/mol.